The highest BCUT2D eigenvalue weighted by Gasteiger charge is 2.19. The minimum Gasteiger partial charge on any atom is -0.496 e. The molecule has 0 saturated heterocycles. The van der Waals surface area contributed by atoms with Crippen LogP contribution < -0.4 is 15.5 Å². The van der Waals surface area contributed by atoms with Crippen LogP contribution in [0.15, 0.2) is 74.9 Å². The lowest BCUT2D eigenvalue weighted by Crippen LogP contribution is -2.30. The summed E-state index contributed by atoms with van der Waals surface area (Å²) < 4.78 is 12.9. The minimum absolute atomic E-state index is 0.0402. The van der Waals surface area contributed by atoms with Gasteiger partial charge in [0.15, 0.2) is 0 Å². The Labute approximate surface area is 230 Å². The molecule has 4 aromatic rings. The first-order valence-corrected chi connectivity index (χ1v) is 13.4. The molecule has 0 aliphatic carbocycles. The van der Waals surface area contributed by atoms with E-state index in [4.69, 9.17) is 20.8 Å². The smallest absolute Gasteiger partial charge is 0.257 e. The number of methoxy groups -OCH3 is 1. The largest absolute Gasteiger partial charge is 0.496 e. The zero-order chi connectivity index (χ0) is 27.2. The van der Waals surface area contributed by atoms with Crippen LogP contribution in [0.25, 0.3) is 11.1 Å². The Morgan fingerprint density at radius 3 is 2.71 bits per heavy atom. The van der Waals surface area contributed by atoms with Gasteiger partial charge in [0.1, 0.15) is 17.1 Å². The zero-order valence-corrected chi connectivity index (χ0v) is 23.0. The topological polar surface area (TPSA) is 96.9 Å². The molecule has 2 aromatic carbocycles. The number of hydrogen-bond donors (Lipinski definition) is 2. The highest BCUT2D eigenvalue weighted by molar-refractivity contribution is 7.99. The number of aliphatic hydroxyl groups is 1. The zero-order valence-electron chi connectivity index (χ0n) is 21.4. The quantitative estimate of drug-likeness (QED) is 0.266. The molecule has 0 radical (unpaired) electrons. The van der Waals surface area contributed by atoms with Crippen LogP contribution in [0.3, 0.4) is 0 Å². The number of aliphatic hydroxyl groups excluding tert-OH is 1. The van der Waals surface area contributed by atoms with Crippen molar-refractivity contribution in [2.45, 2.75) is 24.1 Å². The Morgan fingerprint density at radius 2 is 1.97 bits per heavy atom. The number of nitrogens with one attached hydrogen (secondary N) is 1. The van der Waals surface area contributed by atoms with Crippen LogP contribution in [0.1, 0.15) is 21.7 Å². The van der Waals surface area contributed by atoms with Crippen molar-refractivity contribution < 1.29 is 19.1 Å². The van der Waals surface area contributed by atoms with Gasteiger partial charge in [-0.2, -0.15) is 0 Å². The number of aromatic nitrogens is 1. The molecule has 0 fully saturated rings. The molecule has 1 atom stereocenters. The van der Waals surface area contributed by atoms with E-state index in [0.29, 0.717) is 40.7 Å². The first-order chi connectivity index (χ1) is 18.2. The van der Waals surface area contributed by atoms with Gasteiger partial charge in [-0.1, -0.05) is 35.9 Å². The van der Waals surface area contributed by atoms with Crippen LogP contribution in [0, 0.1) is 0 Å². The third-order valence-electron chi connectivity index (χ3n) is 5.96. The number of ether oxygens (including phenoxy) is 1. The van der Waals surface area contributed by atoms with Crippen molar-refractivity contribution in [3.63, 3.8) is 0 Å². The van der Waals surface area contributed by atoms with E-state index < -0.39 is 17.4 Å². The molecule has 4 rings (SSSR count). The normalized spacial score (nSPS) is 12.2. The summed E-state index contributed by atoms with van der Waals surface area (Å²) in [4.78, 5) is 28.8. The molecule has 1 amide bonds. The minimum atomic E-state index is -0.582. The number of carbonyl (C=O) groups excluding carboxylic acids is 1. The Hall–Kier alpha value is -3.24. The summed E-state index contributed by atoms with van der Waals surface area (Å²) >= 11 is 7.44. The van der Waals surface area contributed by atoms with E-state index in [1.165, 1.54) is 18.0 Å². The van der Waals surface area contributed by atoms with Crippen LogP contribution >= 0.6 is 23.4 Å². The number of hydrogen-bond acceptors (Lipinski definition) is 7. The maximum absolute atomic E-state index is 13.1. The van der Waals surface area contributed by atoms with Crippen LogP contribution in [0.4, 0.5) is 0 Å². The number of pyridine rings is 1. The predicted octanol–water partition coefficient (Wildman–Crippen LogP) is 4.31. The van der Waals surface area contributed by atoms with Gasteiger partial charge in [-0.05, 0) is 42.9 Å². The predicted molar refractivity (Wildman–Crippen MR) is 150 cm³/mol. The SMILES string of the molecule is COc1ccccc1SCC(O)CN(C)Cc1cc2c(=O)c(C(=O)NCc3ccc(Cl)cc3)cn(C)c2o1. The highest BCUT2D eigenvalue weighted by Crippen LogP contribution is 2.29. The summed E-state index contributed by atoms with van der Waals surface area (Å²) in [7, 11) is 5.23. The average Bonchev–Trinajstić information content (AvgIpc) is 3.33. The van der Waals surface area contributed by atoms with Gasteiger partial charge >= 0.3 is 0 Å². The monoisotopic (exact) mass is 555 g/mol. The van der Waals surface area contributed by atoms with Gasteiger partial charge in [0.05, 0.1) is 25.1 Å². The molecule has 8 nitrogen and oxygen atoms in total. The maximum atomic E-state index is 13.1. The molecule has 2 N–H and O–H groups in total. The number of likely N-dealkylation sites (N-methyl/N-ethyl adjacent to an activating group) is 1. The van der Waals surface area contributed by atoms with Crippen LogP contribution in [-0.2, 0) is 20.1 Å². The summed E-state index contributed by atoms with van der Waals surface area (Å²) in [6, 6.07) is 16.5. The van der Waals surface area contributed by atoms with Crippen molar-refractivity contribution in [3.8, 4) is 5.75 Å². The lowest BCUT2D eigenvalue weighted by Gasteiger charge is -2.19. The second-order valence-electron chi connectivity index (χ2n) is 9.04. The van der Waals surface area contributed by atoms with Gasteiger partial charge < -0.3 is 24.1 Å². The number of amides is 1. The first-order valence-electron chi connectivity index (χ1n) is 12.0. The van der Waals surface area contributed by atoms with Crippen molar-refractivity contribution in [1.82, 2.24) is 14.8 Å². The number of carbonyl (C=O) groups is 1. The van der Waals surface area contributed by atoms with E-state index in [2.05, 4.69) is 5.32 Å². The number of nitrogens with zero attached hydrogens (tertiary/aromatic N) is 2. The molecule has 38 heavy (non-hydrogen) atoms. The Bertz CT molecular complexity index is 1470. The van der Waals surface area contributed by atoms with Crippen molar-refractivity contribution in [2.75, 3.05) is 26.5 Å². The van der Waals surface area contributed by atoms with Gasteiger partial charge in [-0.25, -0.2) is 0 Å². The Kier molecular flexibility index (Phi) is 9.17. The van der Waals surface area contributed by atoms with E-state index >= 15 is 0 Å². The van der Waals surface area contributed by atoms with Crippen LogP contribution in [-0.4, -0.2) is 53.0 Å². The second-order valence-corrected chi connectivity index (χ2v) is 10.5. The van der Waals surface area contributed by atoms with E-state index in [0.717, 1.165) is 16.2 Å². The molecule has 10 heteroatoms. The molecule has 2 heterocycles. The fraction of sp³-hybridized carbons (Fsp3) is 0.286. The van der Waals surface area contributed by atoms with E-state index in [9.17, 15) is 14.7 Å². The van der Waals surface area contributed by atoms with E-state index in [1.54, 1.807) is 36.9 Å². The van der Waals surface area contributed by atoms with Gasteiger partial charge in [0, 0.05) is 42.0 Å². The Morgan fingerprint density at radius 1 is 1.24 bits per heavy atom. The number of furan rings is 1. The van der Waals surface area contributed by atoms with Crippen molar-refractivity contribution in [2.24, 2.45) is 7.05 Å². The number of halogens is 1. The summed E-state index contributed by atoms with van der Waals surface area (Å²) in [5.41, 5.74) is 0.911. The van der Waals surface area contributed by atoms with Crippen molar-refractivity contribution in [1.29, 1.82) is 0 Å². The lowest BCUT2D eigenvalue weighted by molar-refractivity contribution is 0.0949. The molecule has 0 aliphatic heterocycles. The maximum Gasteiger partial charge on any atom is 0.257 e. The van der Waals surface area contributed by atoms with Gasteiger partial charge in [-0.15, -0.1) is 11.8 Å². The molecule has 0 saturated carbocycles. The van der Waals surface area contributed by atoms with Gasteiger partial charge in [0.2, 0.25) is 11.1 Å². The highest BCUT2D eigenvalue weighted by atomic mass is 35.5. The first kappa shape index (κ1) is 27.8. The third kappa shape index (κ3) is 6.79. The fourth-order valence-electron chi connectivity index (χ4n) is 4.10. The summed E-state index contributed by atoms with van der Waals surface area (Å²) in [5.74, 6) is 1.38. The van der Waals surface area contributed by atoms with Crippen LogP contribution in [0.5, 0.6) is 5.75 Å². The number of fused-ring (bicyclic) bond motifs is 1. The van der Waals surface area contributed by atoms with Crippen molar-refractivity contribution >= 4 is 40.4 Å². The van der Waals surface area contributed by atoms with Gasteiger partial charge in [0.25, 0.3) is 5.91 Å². The summed E-state index contributed by atoms with van der Waals surface area (Å²) in [6.45, 7) is 1.08. The van der Waals surface area contributed by atoms with Gasteiger partial charge in [-0.3, -0.25) is 14.5 Å². The van der Waals surface area contributed by atoms with Crippen LogP contribution in [0.2, 0.25) is 5.02 Å². The summed E-state index contributed by atoms with van der Waals surface area (Å²) in [6.07, 6.45) is 0.902. The molecular weight excluding hydrogens is 526 g/mol. The standard InChI is InChI=1S/C28H30ClN3O5S/c1-31(14-20(33)17-38-25-7-5-4-6-24(25)36-3)15-21-12-22-26(34)23(16-32(2)28(22)37-21)27(35)30-13-18-8-10-19(29)11-9-18/h4-12,16,20,33H,13-15,17H2,1-3H3,(H,30,35). The molecule has 0 aliphatic rings. The second kappa shape index (κ2) is 12.5. The Balaban J connectivity index is 1.39. The fourth-order valence-corrected chi connectivity index (χ4v) is 5.17. The summed E-state index contributed by atoms with van der Waals surface area (Å²) in [5, 5.41) is 14.3. The average molecular weight is 556 g/mol. The molecule has 2 aromatic heterocycles. The molecule has 0 spiro atoms. The number of benzene rings is 2. The number of aryl methyl sites for hydroxylation is 1. The molecule has 0 bridgehead atoms. The molecule has 200 valence electrons. The molecule has 1 unspecified atom stereocenters. The number of thioether (sulfide) groups is 1. The van der Waals surface area contributed by atoms with Crippen molar-refractivity contribution in [3.05, 3.63) is 92.9 Å². The third-order valence-corrected chi connectivity index (χ3v) is 7.41. The lowest BCUT2D eigenvalue weighted by atomic mass is 10.2. The van der Waals surface area contributed by atoms with E-state index in [-0.39, 0.29) is 12.1 Å². The molecular formula is C28H30ClN3O5S. The number of rotatable bonds is 11. The van der Waals surface area contributed by atoms with E-state index in [1.807, 2.05) is 48.3 Å². The number of para-hydroxylation sites is 1.